The molecule has 0 radical (unpaired) electrons. The Kier molecular flexibility index (Phi) is 3.95. The average Bonchev–Trinajstić information content (AvgIpc) is 2.60. The number of benzene rings is 2. The standard InChI is InChI=1S/C18H15NO5/c1-23-11-5-3-10(4-6-11)15-16(18(21)22)13-8-7-12(24-2)9-14(13)19-17(15)20/h3-9H,1-2H3,(H,19,20)(H,21,22). The molecule has 6 heteroatoms. The van der Waals surface area contributed by atoms with Crippen molar-refractivity contribution in [2.24, 2.45) is 0 Å². The molecule has 0 fully saturated rings. The number of aromatic amines is 1. The molecule has 0 saturated heterocycles. The van der Waals surface area contributed by atoms with Crippen LogP contribution in [0.1, 0.15) is 10.4 Å². The molecule has 6 nitrogen and oxygen atoms in total. The summed E-state index contributed by atoms with van der Waals surface area (Å²) in [6.07, 6.45) is 0. The molecule has 3 rings (SSSR count). The maximum atomic E-state index is 12.5. The topological polar surface area (TPSA) is 88.6 Å². The van der Waals surface area contributed by atoms with Crippen molar-refractivity contribution >= 4 is 16.9 Å². The Balaban J connectivity index is 2.34. The molecule has 122 valence electrons. The molecule has 2 aromatic carbocycles. The van der Waals surface area contributed by atoms with E-state index >= 15 is 0 Å². The molecule has 1 aromatic heterocycles. The van der Waals surface area contributed by atoms with E-state index in [0.717, 1.165) is 0 Å². The molecule has 24 heavy (non-hydrogen) atoms. The van der Waals surface area contributed by atoms with Crippen LogP contribution in [-0.4, -0.2) is 30.3 Å². The second kappa shape index (κ2) is 6.08. The van der Waals surface area contributed by atoms with E-state index < -0.39 is 11.5 Å². The van der Waals surface area contributed by atoms with Gasteiger partial charge in [-0.2, -0.15) is 0 Å². The fourth-order valence-corrected chi connectivity index (χ4v) is 2.66. The van der Waals surface area contributed by atoms with Crippen molar-refractivity contribution in [3.05, 3.63) is 58.4 Å². The summed E-state index contributed by atoms with van der Waals surface area (Å²) in [6, 6.07) is 11.6. The van der Waals surface area contributed by atoms with Gasteiger partial charge >= 0.3 is 5.97 Å². The van der Waals surface area contributed by atoms with Gasteiger partial charge in [-0.05, 0) is 29.8 Å². The quantitative estimate of drug-likeness (QED) is 0.770. The van der Waals surface area contributed by atoms with Crippen molar-refractivity contribution in [3.8, 4) is 22.6 Å². The first-order valence-electron chi connectivity index (χ1n) is 7.17. The maximum Gasteiger partial charge on any atom is 0.337 e. The van der Waals surface area contributed by atoms with Crippen LogP contribution < -0.4 is 15.0 Å². The second-order valence-corrected chi connectivity index (χ2v) is 5.15. The molecule has 0 aliphatic rings. The predicted molar refractivity (Wildman–Crippen MR) is 90.1 cm³/mol. The number of aromatic carboxylic acids is 1. The molecule has 0 amide bonds. The maximum absolute atomic E-state index is 12.5. The number of hydrogen-bond acceptors (Lipinski definition) is 4. The number of pyridine rings is 1. The Morgan fingerprint density at radius 3 is 2.21 bits per heavy atom. The van der Waals surface area contributed by atoms with Crippen LogP contribution in [0.25, 0.3) is 22.0 Å². The predicted octanol–water partition coefficient (Wildman–Crippen LogP) is 2.91. The lowest BCUT2D eigenvalue weighted by Gasteiger charge is -2.11. The van der Waals surface area contributed by atoms with Crippen molar-refractivity contribution in [1.82, 2.24) is 4.98 Å². The third kappa shape index (κ3) is 2.58. The van der Waals surface area contributed by atoms with Gasteiger partial charge in [-0.15, -0.1) is 0 Å². The Morgan fingerprint density at radius 2 is 1.62 bits per heavy atom. The number of carboxylic acid groups (broad SMARTS) is 1. The highest BCUT2D eigenvalue weighted by Gasteiger charge is 2.20. The SMILES string of the molecule is COc1ccc(-c2c(C(=O)O)c3ccc(OC)cc3[nH]c2=O)cc1. The van der Waals surface area contributed by atoms with E-state index in [4.69, 9.17) is 9.47 Å². The zero-order chi connectivity index (χ0) is 17.3. The summed E-state index contributed by atoms with van der Waals surface area (Å²) < 4.78 is 10.2. The van der Waals surface area contributed by atoms with Gasteiger partial charge in [0.1, 0.15) is 11.5 Å². The van der Waals surface area contributed by atoms with Gasteiger partial charge in [0.15, 0.2) is 0 Å². The highest BCUT2D eigenvalue weighted by molar-refractivity contribution is 6.08. The van der Waals surface area contributed by atoms with Gasteiger partial charge in [0.25, 0.3) is 5.56 Å². The van der Waals surface area contributed by atoms with E-state index in [1.54, 1.807) is 42.5 Å². The lowest BCUT2D eigenvalue weighted by molar-refractivity contribution is 0.0699. The summed E-state index contributed by atoms with van der Waals surface area (Å²) >= 11 is 0. The zero-order valence-electron chi connectivity index (χ0n) is 13.1. The molecule has 3 aromatic rings. The minimum atomic E-state index is -1.16. The minimum absolute atomic E-state index is 0.0402. The summed E-state index contributed by atoms with van der Waals surface area (Å²) in [4.78, 5) is 27.1. The van der Waals surface area contributed by atoms with E-state index in [0.29, 0.717) is 28.0 Å². The van der Waals surface area contributed by atoms with Crippen LogP contribution in [0.2, 0.25) is 0 Å². The number of carboxylic acids is 1. The summed E-state index contributed by atoms with van der Waals surface area (Å²) in [5.74, 6) is -0.00801. The van der Waals surface area contributed by atoms with Crippen molar-refractivity contribution in [1.29, 1.82) is 0 Å². The fourth-order valence-electron chi connectivity index (χ4n) is 2.66. The van der Waals surface area contributed by atoms with Gasteiger partial charge in [0.05, 0.1) is 30.9 Å². The van der Waals surface area contributed by atoms with E-state index in [1.807, 2.05) is 0 Å². The number of rotatable bonds is 4. The molecular weight excluding hydrogens is 310 g/mol. The number of methoxy groups -OCH3 is 2. The molecule has 1 heterocycles. The first-order chi connectivity index (χ1) is 11.5. The zero-order valence-corrected chi connectivity index (χ0v) is 13.1. The van der Waals surface area contributed by atoms with Crippen LogP contribution in [0.5, 0.6) is 11.5 Å². The third-order valence-electron chi connectivity index (χ3n) is 3.81. The van der Waals surface area contributed by atoms with Crippen LogP contribution in [0.4, 0.5) is 0 Å². The van der Waals surface area contributed by atoms with Crippen LogP contribution in [0, 0.1) is 0 Å². The van der Waals surface area contributed by atoms with Gasteiger partial charge in [-0.3, -0.25) is 4.79 Å². The first-order valence-corrected chi connectivity index (χ1v) is 7.17. The lowest BCUT2D eigenvalue weighted by Crippen LogP contribution is -2.16. The van der Waals surface area contributed by atoms with Crippen LogP contribution in [0.15, 0.2) is 47.3 Å². The Hall–Kier alpha value is -3.28. The molecule has 0 aliphatic carbocycles. The van der Waals surface area contributed by atoms with E-state index in [9.17, 15) is 14.7 Å². The summed E-state index contributed by atoms with van der Waals surface area (Å²) in [7, 11) is 3.04. The van der Waals surface area contributed by atoms with Gasteiger partial charge in [0.2, 0.25) is 0 Å². The average molecular weight is 325 g/mol. The summed E-state index contributed by atoms with van der Waals surface area (Å²) in [5.41, 5.74) is 0.517. The number of nitrogens with one attached hydrogen (secondary N) is 1. The molecule has 0 bridgehead atoms. The number of H-pyrrole nitrogens is 1. The van der Waals surface area contributed by atoms with Gasteiger partial charge in [-0.1, -0.05) is 12.1 Å². The number of hydrogen-bond donors (Lipinski definition) is 2. The van der Waals surface area contributed by atoms with Crippen LogP contribution >= 0.6 is 0 Å². The second-order valence-electron chi connectivity index (χ2n) is 5.15. The highest BCUT2D eigenvalue weighted by atomic mass is 16.5. The third-order valence-corrected chi connectivity index (χ3v) is 3.81. The van der Waals surface area contributed by atoms with Crippen molar-refractivity contribution in [3.63, 3.8) is 0 Å². The Bertz CT molecular complexity index is 973. The largest absolute Gasteiger partial charge is 0.497 e. The van der Waals surface area contributed by atoms with Crippen molar-refractivity contribution in [2.45, 2.75) is 0 Å². The normalized spacial score (nSPS) is 10.6. The van der Waals surface area contributed by atoms with Crippen LogP contribution in [-0.2, 0) is 0 Å². The molecule has 0 atom stereocenters. The Labute approximate surface area is 137 Å². The fraction of sp³-hybridized carbons (Fsp3) is 0.111. The van der Waals surface area contributed by atoms with E-state index in [-0.39, 0.29) is 11.1 Å². The molecule has 0 saturated carbocycles. The Morgan fingerprint density at radius 1 is 1.00 bits per heavy atom. The number of aromatic nitrogens is 1. The van der Waals surface area contributed by atoms with E-state index in [2.05, 4.69) is 4.98 Å². The first kappa shape index (κ1) is 15.6. The number of ether oxygens (including phenoxy) is 2. The van der Waals surface area contributed by atoms with Gasteiger partial charge in [-0.25, -0.2) is 4.79 Å². The smallest absolute Gasteiger partial charge is 0.337 e. The van der Waals surface area contributed by atoms with Crippen LogP contribution in [0.3, 0.4) is 0 Å². The molecule has 0 unspecified atom stereocenters. The van der Waals surface area contributed by atoms with E-state index in [1.165, 1.54) is 14.2 Å². The molecular formula is C18H15NO5. The molecule has 0 aliphatic heterocycles. The molecule has 0 spiro atoms. The van der Waals surface area contributed by atoms with Gasteiger partial charge < -0.3 is 19.6 Å². The summed E-state index contributed by atoms with van der Waals surface area (Å²) in [5, 5.41) is 10.1. The minimum Gasteiger partial charge on any atom is -0.497 e. The number of carbonyl (C=O) groups is 1. The lowest BCUT2D eigenvalue weighted by atomic mass is 9.97. The summed E-state index contributed by atoms with van der Waals surface area (Å²) in [6.45, 7) is 0. The molecule has 2 N–H and O–H groups in total. The monoisotopic (exact) mass is 325 g/mol. The highest BCUT2D eigenvalue weighted by Crippen LogP contribution is 2.29. The van der Waals surface area contributed by atoms with Gasteiger partial charge in [0, 0.05) is 11.5 Å². The van der Waals surface area contributed by atoms with Crippen molar-refractivity contribution in [2.75, 3.05) is 14.2 Å². The number of fused-ring (bicyclic) bond motifs is 1. The van der Waals surface area contributed by atoms with Crippen molar-refractivity contribution < 1.29 is 19.4 Å².